The molecule has 1 radical (unpaired) electrons. The average molecular weight is 159 g/mol. The molecular formula is C9H7N2O. The molecule has 0 spiro atoms. The Morgan fingerprint density at radius 3 is 3.08 bits per heavy atom. The minimum absolute atomic E-state index is 0.543. The molecule has 0 unspecified atom stereocenters. The highest BCUT2D eigenvalue weighted by Crippen LogP contribution is 2.12. The normalized spacial score (nSPS) is 10.4. The van der Waals surface area contributed by atoms with Crippen LogP contribution in [-0.4, -0.2) is 15.8 Å². The van der Waals surface area contributed by atoms with Crippen LogP contribution in [0.3, 0.4) is 0 Å². The number of hydrogen-bond donors (Lipinski definition) is 0. The molecule has 3 heteroatoms. The molecule has 0 atom stereocenters. The summed E-state index contributed by atoms with van der Waals surface area (Å²) in [5.41, 5.74) is 2.40. The molecule has 3 nitrogen and oxygen atoms in total. The summed E-state index contributed by atoms with van der Waals surface area (Å²) in [5, 5.41) is 0. The zero-order valence-electron chi connectivity index (χ0n) is 6.61. The van der Waals surface area contributed by atoms with Gasteiger partial charge in [0, 0.05) is 12.6 Å². The molecule has 1 heterocycles. The molecule has 2 rings (SSSR count). The van der Waals surface area contributed by atoms with Crippen molar-refractivity contribution in [2.75, 3.05) is 0 Å². The van der Waals surface area contributed by atoms with Crippen LogP contribution in [0.15, 0.2) is 24.5 Å². The SMILES string of the molecule is Cn1cnc2cc([C]=O)ccc21. The molecule has 0 saturated heterocycles. The van der Waals surface area contributed by atoms with Crippen LogP contribution in [0.2, 0.25) is 0 Å². The monoisotopic (exact) mass is 159 g/mol. The second-order valence-corrected chi connectivity index (χ2v) is 2.66. The first kappa shape index (κ1) is 7.03. The van der Waals surface area contributed by atoms with Crippen LogP contribution in [-0.2, 0) is 11.8 Å². The van der Waals surface area contributed by atoms with E-state index in [1.54, 1.807) is 18.5 Å². The maximum absolute atomic E-state index is 10.3. The predicted octanol–water partition coefficient (Wildman–Crippen LogP) is 1.03. The van der Waals surface area contributed by atoms with Crippen LogP contribution in [0.4, 0.5) is 0 Å². The van der Waals surface area contributed by atoms with Crippen molar-refractivity contribution in [3.8, 4) is 0 Å². The summed E-state index contributed by atoms with van der Waals surface area (Å²) in [6.07, 6.45) is 3.55. The van der Waals surface area contributed by atoms with E-state index in [2.05, 4.69) is 4.98 Å². The van der Waals surface area contributed by atoms with E-state index in [1.807, 2.05) is 24.0 Å². The third-order valence-corrected chi connectivity index (χ3v) is 1.84. The summed E-state index contributed by atoms with van der Waals surface area (Å²) < 4.78 is 1.91. The number of rotatable bonds is 1. The fourth-order valence-electron chi connectivity index (χ4n) is 1.20. The Kier molecular flexibility index (Phi) is 1.43. The van der Waals surface area contributed by atoms with Crippen molar-refractivity contribution in [2.45, 2.75) is 0 Å². The van der Waals surface area contributed by atoms with E-state index >= 15 is 0 Å². The van der Waals surface area contributed by atoms with Crippen LogP contribution in [0.25, 0.3) is 11.0 Å². The van der Waals surface area contributed by atoms with Gasteiger partial charge in [-0.2, -0.15) is 0 Å². The Bertz CT molecular complexity index is 431. The zero-order chi connectivity index (χ0) is 8.55. The van der Waals surface area contributed by atoms with Crippen molar-refractivity contribution in [3.63, 3.8) is 0 Å². The van der Waals surface area contributed by atoms with E-state index < -0.39 is 0 Å². The average Bonchev–Trinajstić information content (AvgIpc) is 2.47. The summed E-state index contributed by atoms with van der Waals surface area (Å²) in [7, 11) is 1.92. The molecular weight excluding hydrogens is 152 g/mol. The van der Waals surface area contributed by atoms with E-state index in [-0.39, 0.29) is 0 Å². The molecule has 0 fully saturated rings. The first-order chi connectivity index (χ1) is 5.81. The fraction of sp³-hybridized carbons (Fsp3) is 0.111. The molecule has 1 aromatic carbocycles. The van der Waals surface area contributed by atoms with E-state index in [1.165, 1.54) is 0 Å². The largest absolute Gasteiger partial charge is 0.334 e. The number of aromatic nitrogens is 2. The van der Waals surface area contributed by atoms with E-state index in [0.29, 0.717) is 5.56 Å². The lowest BCUT2D eigenvalue weighted by Crippen LogP contribution is -1.84. The molecule has 0 amide bonds. The highest BCUT2D eigenvalue weighted by molar-refractivity contribution is 5.85. The van der Waals surface area contributed by atoms with Gasteiger partial charge in [0.05, 0.1) is 17.4 Å². The molecule has 0 aliphatic heterocycles. The topological polar surface area (TPSA) is 34.9 Å². The molecule has 0 aliphatic carbocycles. The Balaban J connectivity index is 2.77. The number of hydrogen-bond acceptors (Lipinski definition) is 2. The maximum atomic E-state index is 10.3. The number of imidazole rings is 1. The molecule has 0 aliphatic rings. The van der Waals surface area contributed by atoms with Crippen molar-refractivity contribution in [3.05, 3.63) is 30.1 Å². The van der Waals surface area contributed by atoms with Crippen LogP contribution < -0.4 is 0 Å². The molecule has 12 heavy (non-hydrogen) atoms. The van der Waals surface area contributed by atoms with Gasteiger partial charge in [-0.05, 0) is 18.2 Å². The Labute approximate surface area is 69.6 Å². The summed E-state index contributed by atoms with van der Waals surface area (Å²) in [6.45, 7) is 0. The van der Waals surface area contributed by atoms with Crippen molar-refractivity contribution in [1.82, 2.24) is 9.55 Å². The molecule has 0 N–H and O–H groups in total. The maximum Gasteiger partial charge on any atom is 0.233 e. The highest BCUT2D eigenvalue weighted by Gasteiger charge is 1.99. The van der Waals surface area contributed by atoms with Gasteiger partial charge in [-0.1, -0.05) is 0 Å². The lowest BCUT2D eigenvalue weighted by Gasteiger charge is -1.92. The summed E-state index contributed by atoms with van der Waals surface area (Å²) in [5.74, 6) is 0. The van der Waals surface area contributed by atoms with Crippen LogP contribution in [0, 0.1) is 0 Å². The van der Waals surface area contributed by atoms with Gasteiger partial charge in [0.1, 0.15) is 0 Å². The molecule has 0 saturated carbocycles. The lowest BCUT2D eigenvalue weighted by molar-refractivity contribution is 0.563. The summed E-state index contributed by atoms with van der Waals surface area (Å²) >= 11 is 0. The number of aryl methyl sites for hydroxylation is 1. The number of carbonyl (C=O) groups excluding carboxylic acids is 1. The summed E-state index contributed by atoms with van der Waals surface area (Å²) in [6, 6.07) is 5.32. The second kappa shape index (κ2) is 2.44. The molecule has 2 aromatic rings. The highest BCUT2D eigenvalue weighted by atomic mass is 16.1. The number of nitrogens with zero attached hydrogens (tertiary/aromatic N) is 2. The number of benzene rings is 1. The van der Waals surface area contributed by atoms with E-state index in [4.69, 9.17) is 0 Å². The van der Waals surface area contributed by atoms with Crippen molar-refractivity contribution >= 4 is 17.3 Å². The Hall–Kier alpha value is -1.64. The van der Waals surface area contributed by atoms with E-state index in [9.17, 15) is 4.79 Å². The Morgan fingerprint density at radius 2 is 2.33 bits per heavy atom. The van der Waals surface area contributed by atoms with Crippen LogP contribution >= 0.6 is 0 Å². The number of fused-ring (bicyclic) bond motifs is 1. The van der Waals surface area contributed by atoms with Crippen LogP contribution in [0.1, 0.15) is 5.56 Å². The van der Waals surface area contributed by atoms with Crippen molar-refractivity contribution < 1.29 is 4.79 Å². The third kappa shape index (κ3) is 0.906. The molecule has 1 aromatic heterocycles. The van der Waals surface area contributed by atoms with Gasteiger partial charge in [0.15, 0.2) is 0 Å². The zero-order valence-corrected chi connectivity index (χ0v) is 6.61. The van der Waals surface area contributed by atoms with E-state index in [0.717, 1.165) is 11.0 Å². The van der Waals surface area contributed by atoms with Gasteiger partial charge in [-0.3, -0.25) is 4.79 Å². The second-order valence-electron chi connectivity index (χ2n) is 2.66. The van der Waals surface area contributed by atoms with Gasteiger partial charge in [-0.25, -0.2) is 4.98 Å². The van der Waals surface area contributed by atoms with Gasteiger partial charge in [0.2, 0.25) is 6.29 Å². The summed E-state index contributed by atoms with van der Waals surface area (Å²) in [4.78, 5) is 14.4. The minimum Gasteiger partial charge on any atom is -0.334 e. The van der Waals surface area contributed by atoms with Crippen molar-refractivity contribution in [1.29, 1.82) is 0 Å². The smallest absolute Gasteiger partial charge is 0.233 e. The lowest BCUT2D eigenvalue weighted by atomic mass is 10.2. The molecule has 0 bridgehead atoms. The van der Waals surface area contributed by atoms with Gasteiger partial charge in [-0.15, -0.1) is 0 Å². The first-order valence-corrected chi connectivity index (χ1v) is 3.60. The standard InChI is InChI=1S/C9H7N2O/c1-11-6-10-8-4-7(5-12)2-3-9(8)11/h2-4,6H,1H3. The minimum atomic E-state index is 0.543. The fourth-order valence-corrected chi connectivity index (χ4v) is 1.20. The third-order valence-electron chi connectivity index (χ3n) is 1.84. The van der Waals surface area contributed by atoms with Crippen LogP contribution in [0.5, 0.6) is 0 Å². The quantitative estimate of drug-likeness (QED) is 0.623. The predicted molar refractivity (Wildman–Crippen MR) is 45.5 cm³/mol. The van der Waals surface area contributed by atoms with Crippen molar-refractivity contribution in [2.24, 2.45) is 7.05 Å². The first-order valence-electron chi connectivity index (χ1n) is 3.60. The van der Waals surface area contributed by atoms with Gasteiger partial charge >= 0.3 is 0 Å². The van der Waals surface area contributed by atoms with Gasteiger partial charge in [0.25, 0.3) is 0 Å². The van der Waals surface area contributed by atoms with Gasteiger partial charge < -0.3 is 4.57 Å². The molecule has 59 valence electrons. The Morgan fingerprint density at radius 1 is 1.50 bits per heavy atom.